The molecule has 3 amide bonds. The van der Waals surface area contributed by atoms with Crippen LogP contribution >= 0.6 is 0 Å². The van der Waals surface area contributed by atoms with Gasteiger partial charge in [-0.3, -0.25) is 33.5 Å². The SMILES string of the molecule is Cn1c(=O)n(C2CCC(=O)NC2=O)c2ccc(C#CCCCNCC3CCC(n4cc(NC(=O)c5cnn6ccc(N)nc56)c(C(F)F)n4)CC3)cc21. The van der Waals surface area contributed by atoms with Gasteiger partial charge in [0.05, 0.1) is 29.0 Å². The van der Waals surface area contributed by atoms with E-state index in [9.17, 15) is 28.0 Å². The monoisotopic (exact) mass is 727 g/mol. The lowest BCUT2D eigenvalue weighted by Crippen LogP contribution is -2.44. The molecule has 2 fully saturated rings. The van der Waals surface area contributed by atoms with Crippen LogP contribution in [0.1, 0.15) is 91.5 Å². The summed E-state index contributed by atoms with van der Waals surface area (Å²) < 4.78 is 33.8. The molecular formula is C36H39F2N11O4. The maximum absolute atomic E-state index is 13.9. The van der Waals surface area contributed by atoms with Crippen LogP contribution in [0.3, 0.4) is 0 Å². The highest BCUT2D eigenvalue weighted by molar-refractivity contribution is 6.08. The molecule has 1 saturated heterocycles. The van der Waals surface area contributed by atoms with Crippen LogP contribution in [0.25, 0.3) is 16.7 Å². The number of aryl methyl sites for hydroxylation is 1. The highest BCUT2D eigenvalue weighted by Crippen LogP contribution is 2.35. The van der Waals surface area contributed by atoms with Crippen LogP contribution in [0, 0.1) is 17.8 Å². The number of nitrogens with zero attached hydrogens (tertiary/aromatic N) is 7. The highest BCUT2D eigenvalue weighted by atomic mass is 19.3. The fourth-order valence-corrected chi connectivity index (χ4v) is 7.14. The molecule has 1 saturated carbocycles. The molecule has 15 nitrogen and oxygen atoms in total. The second kappa shape index (κ2) is 15.0. The van der Waals surface area contributed by atoms with Gasteiger partial charge >= 0.3 is 5.69 Å². The van der Waals surface area contributed by atoms with E-state index < -0.39 is 30.0 Å². The third kappa shape index (κ3) is 7.40. The number of nitrogen functional groups attached to an aromatic ring is 1. The molecule has 2 aliphatic rings. The van der Waals surface area contributed by atoms with Crippen LogP contribution in [0.2, 0.25) is 0 Å². The molecule has 7 rings (SSSR count). The summed E-state index contributed by atoms with van der Waals surface area (Å²) in [4.78, 5) is 54.2. The first-order valence-electron chi connectivity index (χ1n) is 17.6. The minimum absolute atomic E-state index is 0.0461. The molecule has 1 aliphatic carbocycles. The van der Waals surface area contributed by atoms with Crippen LogP contribution in [0.15, 0.2) is 47.7 Å². The molecule has 4 aromatic heterocycles. The third-order valence-corrected chi connectivity index (χ3v) is 9.97. The first kappa shape index (κ1) is 35.5. The summed E-state index contributed by atoms with van der Waals surface area (Å²) in [7, 11) is 1.66. The largest absolute Gasteiger partial charge is 0.384 e. The Bertz CT molecular complexity index is 2320. The number of unbranched alkanes of at least 4 members (excludes halogenated alkanes) is 1. The number of nitrogens with two attached hydrogens (primary N) is 1. The second-order valence-corrected chi connectivity index (χ2v) is 13.5. The highest BCUT2D eigenvalue weighted by Gasteiger charge is 2.31. The zero-order chi connectivity index (χ0) is 37.2. The maximum atomic E-state index is 13.9. The number of rotatable bonds is 10. The van der Waals surface area contributed by atoms with Crippen LogP contribution in [0.4, 0.5) is 20.3 Å². The zero-order valence-corrected chi connectivity index (χ0v) is 29.0. The fraction of sp³-hybridized carbons (Fsp3) is 0.417. The summed E-state index contributed by atoms with van der Waals surface area (Å²) in [5.41, 5.74) is 7.29. The number of hydrogen-bond acceptors (Lipinski definition) is 9. The van der Waals surface area contributed by atoms with Gasteiger partial charge in [0.1, 0.15) is 17.4 Å². The van der Waals surface area contributed by atoms with Crippen molar-refractivity contribution in [1.82, 2.24) is 44.1 Å². The minimum atomic E-state index is -2.87. The molecular weight excluding hydrogens is 688 g/mol. The Morgan fingerprint density at radius 2 is 1.92 bits per heavy atom. The van der Waals surface area contributed by atoms with Gasteiger partial charge < -0.3 is 16.4 Å². The minimum Gasteiger partial charge on any atom is -0.384 e. The summed E-state index contributed by atoms with van der Waals surface area (Å²) in [6, 6.07) is 6.22. The molecule has 276 valence electrons. The molecule has 1 aromatic carbocycles. The van der Waals surface area contributed by atoms with Gasteiger partial charge in [-0.25, -0.2) is 23.1 Å². The van der Waals surface area contributed by atoms with Crippen molar-refractivity contribution < 1.29 is 23.2 Å². The Labute approximate surface area is 301 Å². The third-order valence-electron chi connectivity index (χ3n) is 9.97. The van der Waals surface area contributed by atoms with Crippen LogP contribution in [-0.2, 0) is 16.6 Å². The molecule has 0 radical (unpaired) electrons. The number of amides is 3. The van der Waals surface area contributed by atoms with E-state index in [1.165, 1.54) is 32.1 Å². The summed E-state index contributed by atoms with van der Waals surface area (Å²) in [5.74, 6) is 5.59. The molecule has 1 atom stereocenters. The number of alkyl halides is 2. The quantitative estimate of drug-likeness (QED) is 0.0949. The Morgan fingerprint density at radius 3 is 2.70 bits per heavy atom. The standard InChI is InChI=1S/C36H39F2N11O4/c1-46-28-17-21(8-11-26(28)49(36(46)53)27-12-13-30(50)44-35(27)52)5-3-2-4-15-40-18-22-6-9-23(10-7-22)48-20-25(31(45-48)32(37)38)42-34(51)24-19-41-47-16-14-29(39)43-33(24)47/h8,11,14,16-17,19-20,22-23,27,32,40H,2,4,6-7,9-10,12-13,15,18H2,1H3,(H2,39,43)(H,42,51)(H,44,50,52). The maximum Gasteiger partial charge on any atom is 0.329 e. The number of piperidine rings is 1. The van der Waals surface area contributed by atoms with Crippen molar-refractivity contribution in [3.05, 3.63) is 70.2 Å². The van der Waals surface area contributed by atoms with E-state index in [0.717, 1.165) is 50.8 Å². The van der Waals surface area contributed by atoms with Crippen molar-refractivity contribution >= 4 is 45.9 Å². The fourth-order valence-electron chi connectivity index (χ4n) is 7.14. The number of nitrogens with one attached hydrogen (secondary N) is 3. The van der Waals surface area contributed by atoms with Gasteiger partial charge in [0.2, 0.25) is 11.8 Å². The number of anilines is 2. The lowest BCUT2D eigenvalue weighted by molar-refractivity contribution is -0.135. The van der Waals surface area contributed by atoms with Crippen molar-refractivity contribution in [3.8, 4) is 11.8 Å². The van der Waals surface area contributed by atoms with E-state index in [-0.39, 0.29) is 53.2 Å². The molecule has 5 N–H and O–H groups in total. The number of imide groups is 1. The Morgan fingerprint density at radius 1 is 1.11 bits per heavy atom. The molecule has 1 aliphatic heterocycles. The summed E-state index contributed by atoms with van der Waals surface area (Å²) in [6.07, 6.45) is 6.86. The first-order valence-corrected chi connectivity index (χ1v) is 17.6. The van der Waals surface area contributed by atoms with Crippen molar-refractivity contribution in [1.29, 1.82) is 0 Å². The smallest absolute Gasteiger partial charge is 0.329 e. The average Bonchev–Trinajstić information content (AvgIpc) is 3.82. The molecule has 1 unspecified atom stereocenters. The molecule has 5 aromatic rings. The lowest BCUT2D eigenvalue weighted by Gasteiger charge is -2.28. The van der Waals surface area contributed by atoms with Gasteiger partial charge in [0.25, 0.3) is 12.3 Å². The summed E-state index contributed by atoms with van der Waals surface area (Å²) in [6.45, 7) is 1.64. The number of carbonyl (C=O) groups is 3. The summed E-state index contributed by atoms with van der Waals surface area (Å²) >= 11 is 0. The van der Waals surface area contributed by atoms with Crippen molar-refractivity contribution in [2.45, 2.75) is 69.9 Å². The number of halogens is 2. The molecule has 53 heavy (non-hydrogen) atoms. The van der Waals surface area contributed by atoms with E-state index in [4.69, 9.17) is 5.73 Å². The first-order chi connectivity index (χ1) is 25.6. The topological polar surface area (TPSA) is 188 Å². The van der Waals surface area contributed by atoms with Crippen LogP contribution < -0.4 is 27.4 Å². The molecule has 0 spiro atoms. The molecule has 0 bridgehead atoms. The van der Waals surface area contributed by atoms with E-state index in [0.29, 0.717) is 23.4 Å². The Balaban J connectivity index is 0.868. The average molecular weight is 728 g/mol. The van der Waals surface area contributed by atoms with E-state index in [1.807, 2.05) is 12.1 Å². The number of hydrogen-bond donors (Lipinski definition) is 4. The normalized spacial score (nSPS) is 19.1. The van der Waals surface area contributed by atoms with Crippen molar-refractivity contribution in [2.75, 3.05) is 24.1 Å². The number of carbonyl (C=O) groups excluding carboxylic acids is 3. The molecule has 17 heteroatoms. The molecule has 5 heterocycles. The summed E-state index contributed by atoms with van der Waals surface area (Å²) in [5, 5.41) is 16.6. The van der Waals surface area contributed by atoms with Gasteiger partial charge in [-0.05, 0) is 81.8 Å². The zero-order valence-electron chi connectivity index (χ0n) is 29.0. The van der Waals surface area contributed by atoms with Crippen molar-refractivity contribution in [3.63, 3.8) is 0 Å². The van der Waals surface area contributed by atoms with Gasteiger partial charge in [0.15, 0.2) is 11.3 Å². The van der Waals surface area contributed by atoms with Crippen LogP contribution in [0.5, 0.6) is 0 Å². The van der Waals surface area contributed by atoms with Crippen molar-refractivity contribution in [2.24, 2.45) is 13.0 Å². The number of benzene rings is 1. The lowest BCUT2D eigenvalue weighted by atomic mass is 9.86. The van der Waals surface area contributed by atoms with Gasteiger partial charge in [-0.2, -0.15) is 10.2 Å². The van der Waals surface area contributed by atoms with Gasteiger partial charge in [0, 0.05) is 37.8 Å². The van der Waals surface area contributed by atoms with Gasteiger partial charge in [-0.15, -0.1) is 0 Å². The van der Waals surface area contributed by atoms with E-state index >= 15 is 0 Å². The van der Waals surface area contributed by atoms with E-state index in [1.54, 1.807) is 24.0 Å². The van der Waals surface area contributed by atoms with Crippen LogP contribution in [-0.4, -0.2) is 64.3 Å². The number of imidazole rings is 1. The van der Waals surface area contributed by atoms with E-state index in [2.05, 4.69) is 43.0 Å². The van der Waals surface area contributed by atoms with Gasteiger partial charge in [-0.1, -0.05) is 11.8 Å². The second-order valence-electron chi connectivity index (χ2n) is 13.5. The Kier molecular flexibility index (Phi) is 10.0. The predicted molar refractivity (Wildman–Crippen MR) is 191 cm³/mol. The number of fused-ring (bicyclic) bond motifs is 2. The predicted octanol–water partition coefficient (Wildman–Crippen LogP) is 3.48. The Hall–Kier alpha value is -5.89. The number of aromatic nitrogens is 7.